The summed E-state index contributed by atoms with van der Waals surface area (Å²) in [5.41, 5.74) is 0. The van der Waals surface area contributed by atoms with E-state index < -0.39 is 0 Å². The Morgan fingerprint density at radius 1 is 1.67 bits per heavy atom. The molecule has 0 amide bonds. The summed E-state index contributed by atoms with van der Waals surface area (Å²) in [6.07, 6.45) is 5.96. The minimum atomic E-state index is 0.628. The first-order valence-electron chi connectivity index (χ1n) is 1.09. The van der Waals surface area contributed by atoms with Crippen LogP contribution >= 0.6 is 40.0 Å². The standard InChI is InChI=1S/C3H3.2HI.V/c1-3-2;;;/h1H3;2*1H;/q-1;;;+2/p-2. The van der Waals surface area contributed by atoms with Gasteiger partial charge in [0.2, 0.25) is 0 Å². The van der Waals surface area contributed by atoms with E-state index >= 15 is 0 Å². The molecule has 0 bridgehead atoms. The van der Waals surface area contributed by atoms with Gasteiger partial charge in [0.25, 0.3) is 0 Å². The fraction of sp³-hybridized carbons (Fsp3) is 0.333. The van der Waals surface area contributed by atoms with Crippen LogP contribution in [0.25, 0.3) is 0 Å². The van der Waals surface area contributed by atoms with Crippen molar-refractivity contribution in [1.82, 2.24) is 0 Å². The zero-order valence-corrected chi connectivity index (χ0v) is 8.91. The van der Waals surface area contributed by atoms with Crippen molar-refractivity contribution in [1.29, 1.82) is 0 Å². The van der Waals surface area contributed by atoms with Crippen LogP contribution in [-0.4, -0.2) is 0 Å². The normalized spacial score (nSPS) is 3.67. The summed E-state index contributed by atoms with van der Waals surface area (Å²) < 4.78 is 0. The van der Waals surface area contributed by atoms with Gasteiger partial charge in [-0.25, -0.2) is 0 Å². The van der Waals surface area contributed by atoms with E-state index in [-0.39, 0.29) is 0 Å². The number of rotatable bonds is 0. The van der Waals surface area contributed by atoms with Crippen molar-refractivity contribution in [3.63, 3.8) is 0 Å². The predicted octanol–water partition coefficient (Wildman–Crippen LogP) is 2.36. The molecule has 3 heteroatoms. The average Bonchev–Trinajstić information content (AvgIpc) is 1.39. The molecular weight excluding hydrogens is 341 g/mol. The monoisotopic (exact) mass is 344 g/mol. The van der Waals surface area contributed by atoms with Gasteiger partial charge in [0.05, 0.1) is 0 Å². The van der Waals surface area contributed by atoms with Crippen LogP contribution in [-0.2, 0) is 9.47 Å². The zero-order valence-electron chi connectivity index (χ0n) is 3.20. The van der Waals surface area contributed by atoms with E-state index in [1.807, 2.05) is 5.92 Å². The van der Waals surface area contributed by atoms with Gasteiger partial charge >= 0.3 is 49.4 Å². The Morgan fingerprint density at radius 3 is 1.67 bits per heavy atom. The molecule has 0 aliphatic carbocycles. The van der Waals surface area contributed by atoms with Crippen LogP contribution in [0.3, 0.4) is 0 Å². The Morgan fingerprint density at radius 2 is 1.67 bits per heavy atom. The molecule has 0 unspecified atom stereocenters. The third-order valence-corrected chi connectivity index (χ3v) is 0. The van der Waals surface area contributed by atoms with E-state index in [1.54, 1.807) is 6.92 Å². The molecule has 0 aliphatic rings. The van der Waals surface area contributed by atoms with Crippen molar-refractivity contribution in [2.45, 2.75) is 6.92 Å². The van der Waals surface area contributed by atoms with Gasteiger partial charge in [-0.05, 0) is 6.92 Å². The van der Waals surface area contributed by atoms with Crippen LogP contribution in [0.2, 0.25) is 0 Å². The van der Waals surface area contributed by atoms with Crippen molar-refractivity contribution in [3.8, 4) is 5.92 Å². The Hall–Kier alpha value is 1.60. The first-order chi connectivity index (χ1) is 2.83. The van der Waals surface area contributed by atoms with Gasteiger partial charge in [-0.3, -0.25) is 0 Å². The molecule has 0 radical (unpaired) electrons. The molecule has 0 saturated carbocycles. The molecule has 0 spiro atoms. The maximum atomic E-state index is 5.96. The van der Waals surface area contributed by atoms with Crippen molar-refractivity contribution < 1.29 is 9.47 Å². The Labute approximate surface area is 67.7 Å². The quantitative estimate of drug-likeness (QED) is 0.360. The summed E-state index contributed by atoms with van der Waals surface area (Å²) in [4.78, 5) is 0. The second kappa shape index (κ2) is 16.0. The second-order valence-electron chi connectivity index (χ2n) is 0.314. The summed E-state index contributed by atoms with van der Waals surface area (Å²) >= 11 is 4.74. The molecule has 0 nitrogen and oxygen atoms in total. The number of hydrogen-bond donors (Lipinski definition) is 0. The molecule has 0 aliphatic heterocycles. The molecule has 0 rings (SSSR count). The van der Waals surface area contributed by atoms with Crippen molar-refractivity contribution in [2.75, 3.05) is 0 Å². The fourth-order valence-corrected chi connectivity index (χ4v) is 0. The molecule has 0 aromatic heterocycles. The van der Waals surface area contributed by atoms with Crippen LogP contribution in [0.15, 0.2) is 0 Å². The van der Waals surface area contributed by atoms with Gasteiger partial charge in [0, 0.05) is 0 Å². The van der Waals surface area contributed by atoms with Gasteiger partial charge in [-0.1, -0.05) is 0 Å². The van der Waals surface area contributed by atoms with Gasteiger partial charge in [-0.2, -0.15) is 0 Å². The third-order valence-electron chi connectivity index (χ3n) is 0. The summed E-state index contributed by atoms with van der Waals surface area (Å²) in [6, 6.07) is 0. The van der Waals surface area contributed by atoms with Crippen LogP contribution in [0.1, 0.15) is 6.92 Å². The number of halogens is 2. The van der Waals surface area contributed by atoms with Crippen molar-refractivity contribution in [2.24, 2.45) is 0 Å². The first kappa shape index (κ1) is 10.6. The molecule has 35 valence electrons. The van der Waals surface area contributed by atoms with E-state index in [1.165, 1.54) is 0 Å². The third kappa shape index (κ3) is 46.2. The molecule has 0 fully saturated rings. The molecule has 6 heavy (non-hydrogen) atoms. The van der Waals surface area contributed by atoms with E-state index in [0.717, 1.165) is 0 Å². The van der Waals surface area contributed by atoms with Crippen LogP contribution < -0.4 is 0 Å². The summed E-state index contributed by atoms with van der Waals surface area (Å²) in [6.45, 7) is 1.54. The molecule has 0 atom stereocenters. The maximum absolute atomic E-state index is 5.96. The van der Waals surface area contributed by atoms with Crippen LogP contribution in [0, 0.1) is 12.3 Å². The summed E-state index contributed by atoms with van der Waals surface area (Å²) in [7, 11) is 0.628. The molecule has 0 aromatic rings. The van der Waals surface area contributed by atoms with E-state index in [9.17, 15) is 0 Å². The van der Waals surface area contributed by atoms with Crippen LogP contribution in [0.4, 0.5) is 0 Å². The first-order valence-corrected chi connectivity index (χ1v) is 10.1. The molecule has 0 saturated heterocycles. The van der Waals surface area contributed by atoms with E-state index in [4.69, 9.17) is 6.42 Å². The fourth-order valence-electron chi connectivity index (χ4n) is 0. The van der Waals surface area contributed by atoms with E-state index in [2.05, 4.69) is 40.0 Å². The van der Waals surface area contributed by atoms with Gasteiger partial charge in [-0.15, -0.1) is 0 Å². The number of hydrogen-bond acceptors (Lipinski definition) is 0. The van der Waals surface area contributed by atoms with Gasteiger partial charge in [0.15, 0.2) is 0 Å². The minimum absolute atomic E-state index is 0.628. The SMILES string of the molecule is [C-]#CC.[I][V][I]. The zero-order chi connectivity index (χ0) is 5.41. The summed E-state index contributed by atoms with van der Waals surface area (Å²) in [5, 5.41) is 0. The molecule has 0 N–H and O–H groups in total. The predicted molar refractivity (Wildman–Crippen MR) is 40.8 cm³/mol. The Balaban J connectivity index is 0. The van der Waals surface area contributed by atoms with Crippen molar-refractivity contribution >= 4 is 40.0 Å². The average molecular weight is 344 g/mol. The van der Waals surface area contributed by atoms with Crippen LogP contribution in [0.5, 0.6) is 0 Å². The van der Waals surface area contributed by atoms with Gasteiger partial charge < -0.3 is 12.3 Å². The Kier molecular flexibility index (Phi) is 28.1. The molecule has 0 heterocycles. The topological polar surface area (TPSA) is 0 Å². The molecular formula is C3H3I2V-. The summed E-state index contributed by atoms with van der Waals surface area (Å²) in [5.74, 6) is 2.00. The second-order valence-corrected chi connectivity index (χ2v) is 12.1. The van der Waals surface area contributed by atoms with Crippen molar-refractivity contribution in [3.05, 3.63) is 6.42 Å². The van der Waals surface area contributed by atoms with E-state index in [0.29, 0.717) is 9.47 Å². The van der Waals surface area contributed by atoms with Gasteiger partial charge in [0.1, 0.15) is 0 Å². The molecule has 0 aromatic carbocycles. The Bertz CT molecular complexity index is 38.5.